The fourth-order valence-electron chi connectivity index (χ4n) is 5.80. The highest BCUT2D eigenvalue weighted by Crippen LogP contribution is 2.50. The van der Waals surface area contributed by atoms with Crippen LogP contribution in [0.15, 0.2) is 54.7 Å². The van der Waals surface area contributed by atoms with E-state index in [1.807, 2.05) is 37.3 Å². The number of nitrogens with two attached hydrogens (primary N) is 1. The summed E-state index contributed by atoms with van der Waals surface area (Å²) in [5.74, 6) is 0.452. The Balaban J connectivity index is 1.49. The highest BCUT2D eigenvalue weighted by Gasteiger charge is 2.47. The van der Waals surface area contributed by atoms with Crippen molar-refractivity contribution < 1.29 is 22.7 Å². The largest absolute Gasteiger partial charge is 0.478 e. The van der Waals surface area contributed by atoms with Crippen molar-refractivity contribution in [1.29, 1.82) is 0 Å². The fraction of sp³-hybridized carbons (Fsp3) is 0.379. The van der Waals surface area contributed by atoms with Gasteiger partial charge in [-0.25, -0.2) is 4.98 Å². The van der Waals surface area contributed by atoms with Crippen molar-refractivity contribution in [2.75, 3.05) is 42.6 Å². The number of alkyl halides is 3. The number of anilines is 2. The van der Waals surface area contributed by atoms with Gasteiger partial charge in [-0.1, -0.05) is 23.7 Å². The van der Waals surface area contributed by atoms with Gasteiger partial charge in [0.2, 0.25) is 11.8 Å². The van der Waals surface area contributed by atoms with E-state index in [9.17, 15) is 18.0 Å². The molecule has 3 heterocycles. The molecule has 1 fully saturated rings. The van der Waals surface area contributed by atoms with Crippen LogP contribution in [-0.2, 0) is 16.4 Å². The Labute approximate surface area is 230 Å². The summed E-state index contributed by atoms with van der Waals surface area (Å²) >= 11 is 5.90. The summed E-state index contributed by atoms with van der Waals surface area (Å²) in [7, 11) is 0. The van der Waals surface area contributed by atoms with Crippen molar-refractivity contribution in [2.45, 2.75) is 37.8 Å². The lowest BCUT2D eigenvalue weighted by Gasteiger charge is -2.41. The second-order valence-corrected chi connectivity index (χ2v) is 10.4. The lowest BCUT2D eigenvalue weighted by molar-refractivity contribution is -0.137. The van der Waals surface area contributed by atoms with Gasteiger partial charge in [0.25, 0.3) is 0 Å². The van der Waals surface area contributed by atoms with Gasteiger partial charge in [-0.2, -0.15) is 13.2 Å². The Morgan fingerprint density at radius 2 is 1.90 bits per heavy atom. The first kappa shape index (κ1) is 27.3. The summed E-state index contributed by atoms with van der Waals surface area (Å²) in [6, 6.07) is 13.7. The van der Waals surface area contributed by atoms with Crippen LogP contribution in [0, 0.1) is 0 Å². The maximum absolute atomic E-state index is 13.8. The molecule has 2 aliphatic rings. The topological polar surface area (TPSA) is 71.7 Å². The molecular formula is C29H30ClF3N4O2. The molecule has 0 saturated carbocycles. The van der Waals surface area contributed by atoms with Crippen molar-refractivity contribution in [3.63, 3.8) is 0 Å². The number of nitrogens with zero attached hydrogens (tertiary/aromatic N) is 3. The number of fused-ring (bicyclic) bond motifs is 2. The number of piperidine rings is 1. The normalized spacial score (nSPS) is 16.5. The molecule has 5 rings (SSSR count). The zero-order valence-electron chi connectivity index (χ0n) is 21.6. The van der Waals surface area contributed by atoms with Crippen LogP contribution in [0.25, 0.3) is 11.1 Å². The molecule has 0 unspecified atom stereocenters. The standard InChI is InChI=1S/C29H30ClF3N4O2/c1-2-39-27-21(4-3-13-35-27)19-5-7-22-25(16-19)37(26(38)9-12-34)18-28(22)10-14-36(15-11-28)24-8-6-20(30)17-23(24)29(31,32)33/h3-8,13,16-17H,2,9-12,14-15,18,34H2,1H3. The van der Waals surface area contributed by atoms with E-state index >= 15 is 0 Å². The van der Waals surface area contributed by atoms with E-state index in [0.717, 1.165) is 28.4 Å². The third-order valence-electron chi connectivity index (χ3n) is 7.67. The molecule has 0 aliphatic carbocycles. The first-order valence-electron chi connectivity index (χ1n) is 13.0. The second kappa shape index (κ2) is 10.7. The number of hydrogen-bond acceptors (Lipinski definition) is 5. The number of ether oxygens (including phenoxy) is 1. The molecule has 0 atom stereocenters. The second-order valence-electron chi connectivity index (χ2n) is 9.97. The maximum Gasteiger partial charge on any atom is 0.418 e. The molecule has 1 saturated heterocycles. The number of carbonyl (C=O) groups excluding carboxylic acids is 1. The van der Waals surface area contributed by atoms with E-state index in [1.54, 1.807) is 16.0 Å². The first-order chi connectivity index (χ1) is 18.7. The van der Waals surface area contributed by atoms with Crippen LogP contribution in [0.5, 0.6) is 5.88 Å². The minimum Gasteiger partial charge on any atom is -0.478 e. The molecule has 6 nitrogen and oxygen atoms in total. The van der Waals surface area contributed by atoms with Gasteiger partial charge in [-0.3, -0.25) is 4.79 Å². The quantitative estimate of drug-likeness (QED) is 0.398. The van der Waals surface area contributed by atoms with Crippen LogP contribution in [0.1, 0.15) is 37.3 Å². The summed E-state index contributed by atoms with van der Waals surface area (Å²) < 4.78 is 47.1. The molecule has 2 aromatic carbocycles. The third-order valence-corrected chi connectivity index (χ3v) is 7.90. The minimum absolute atomic E-state index is 0.0512. The summed E-state index contributed by atoms with van der Waals surface area (Å²) in [5, 5.41) is 0.0512. The maximum atomic E-state index is 13.8. The Bertz CT molecular complexity index is 1370. The predicted molar refractivity (Wildman–Crippen MR) is 146 cm³/mol. The number of amides is 1. The molecule has 0 radical (unpaired) electrons. The first-order valence-corrected chi connectivity index (χ1v) is 13.4. The highest BCUT2D eigenvalue weighted by molar-refractivity contribution is 6.30. The van der Waals surface area contributed by atoms with Gasteiger partial charge < -0.3 is 20.3 Å². The monoisotopic (exact) mass is 558 g/mol. The number of benzene rings is 2. The van der Waals surface area contributed by atoms with Gasteiger partial charge >= 0.3 is 6.18 Å². The SMILES string of the molecule is CCOc1ncccc1-c1ccc2c(c1)N(C(=O)CCN)CC21CCN(c2ccc(Cl)cc2C(F)(F)F)CC1. The number of hydrogen-bond donors (Lipinski definition) is 1. The minimum atomic E-state index is -4.51. The van der Waals surface area contributed by atoms with Gasteiger partial charge in [0.1, 0.15) is 0 Å². The van der Waals surface area contributed by atoms with E-state index < -0.39 is 11.7 Å². The molecule has 1 amide bonds. The van der Waals surface area contributed by atoms with E-state index in [4.69, 9.17) is 22.1 Å². The Morgan fingerprint density at radius 1 is 1.13 bits per heavy atom. The highest BCUT2D eigenvalue weighted by atomic mass is 35.5. The molecular weight excluding hydrogens is 529 g/mol. The van der Waals surface area contributed by atoms with Crippen LogP contribution in [0.4, 0.5) is 24.5 Å². The van der Waals surface area contributed by atoms with Crippen LogP contribution in [-0.4, -0.2) is 43.7 Å². The van der Waals surface area contributed by atoms with E-state index in [1.165, 1.54) is 12.1 Å². The van der Waals surface area contributed by atoms with Crippen LogP contribution >= 0.6 is 11.6 Å². The van der Waals surface area contributed by atoms with Gasteiger partial charge in [-0.05, 0) is 67.3 Å². The van der Waals surface area contributed by atoms with Gasteiger partial charge in [0.05, 0.1) is 12.2 Å². The molecule has 3 aromatic rings. The Kier molecular flexibility index (Phi) is 7.48. The summed E-state index contributed by atoms with van der Waals surface area (Å²) in [6.45, 7) is 3.91. The number of aromatic nitrogens is 1. The van der Waals surface area contributed by atoms with E-state index in [2.05, 4.69) is 4.98 Å². The lowest BCUT2D eigenvalue weighted by Crippen LogP contribution is -2.46. The van der Waals surface area contributed by atoms with Crippen molar-refractivity contribution >= 4 is 28.9 Å². The zero-order valence-corrected chi connectivity index (χ0v) is 22.4. The van der Waals surface area contributed by atoms with Gasteiger partial charge in [0.15, 0.2) is 0 Å². The van der Waals surface area contributed by atoms with Crippen molar-refractivity contribution in [2.24, 2.45) is 5.73 Å². The third kappa shape index (κ3) is 5.17. The number of carbonyl (C=O) groups is 1. The summed E-state index contributed by atoms with van der Waals surface area (Å²) in [6.07, 6.45) is -1.43. The van der Waals surface area contributed by atoms with E-state index in [-0.39, 0.29) is 35.0 Å². The van der Waals surface area contributed by atoms with Crippen molar-refractivity contribution in [3.8, 4) is 17.0 Å². The number of pyridine rings is 1. The number of rotatable bonds is 6. The Morgan fingerprint density at radius 3 is 2.59 bits per heavy atom. The van der Waals surface area contributed by atoms with Gasteiger partial charge in [-0.15, -0.1) is 0 Å². The fourth-order valence-corrected chi connectivity index (χ4v) is 5.97. The molecule has 0 bridgehead atoms. The molecule has 2 N–H and O–H groups in total. The lowest BCUT2D eigenvalue weighted by atomic mass is 9.74. The summed E-state index contributed by atoms with van der Waals surface area (Å²) in [5.41, 5.74) is 8.31. The Hall–Kier alpha value is -3.30. The van der Waals surface area contributed by atoms with Crippen molar-refractivity contribution in [1.82, 2.24) is 4.98 Å². The summed E-state index contributed by atoms with van der Waals surface area (Å²) in [4.78, 5) is 21.1. The average Bonchev–Trinajstić information content (AvgIpc) is 3.23. The zero-order chi connectivity index (χ0) is 27.8. The molecule has 1 spiro atoms. The van der Waals surface area contributed by atoms with Gasteiger partial charge in [0, 0.05) is 66.2 Å². The van der Waals surface area contributed by atoms with Crippen molar-refractivity contribution in [3.05, 3.63) is 70.9 Å². The molecule has 1 aromatic heterocycles. The van der Waals surface area contributed by atoms with Crippen LogP contribution in [0.3, 0.4) is 0 Å². The predicted octanol–water partition coefficient (Wildman–Crippen LogP) is 6.05. The number of halogens is 4. The van der Waals surface area contributed by atoms with E-state index in [0.29, 0.717) is 45.0 Å². The molecule has 2 aliphatic heterocycles. The van der Waals surface area contributed by atoms with Crippen LogP contribution < -0.4 is 20.3 Å². The molecule has 39 heavy (non-hydrogen) atoms. The smallest absolute Gasteiger partial charge is 0.418 e. The molecule has 206 valence electrons. The average molecular weight is 559 g/mol. The van der Waals surface area contributed by atoms with Crippen LogP contribution in [0.2, 0.25) is 5.02 Å². The molecule has 10 heteroatoms.